The number of hydrogen-bond donors (Lipinski definition) is 1. The molecule has 1 N–H and O–H groups in total. The number of nitriles is 2. The molecule has 0 fully saturated rings. The summed E-state index contributed by atoms with van der Waals surface area (Å²) in [7, 11) is 0. The lowest BCUT2D eigenvalue weighted by atomic mass is 10.2. The first-order valence-electron chi connectivity index (χ1n) is 10.1. The second-order valence-corrected chi connectivity index (χ2v) is 8.95. The minimum absolute atomic E-state index is 0.0261. The molecular formula is C25H17N5O2S2. The number of aromatic nitrogens is 2. The third kappa shape index (κ3) is 5.12. The van der Waals surface area contributed by atoms with E-state index in [-0.39, 0.29) is 23.0 Å². The Balaban J connectivity index is 1.63. The minimum Gasteiger partial charge on any atom is -0.324 e. The molecule has 0 radical (unpaired) electrons. The van der Waals surface area contributed by atoms with Crippen molar-refractivity contribution in [3.05, 3.63) is 88.7 Å². The highest BCUT2D eigenvalue weighted by atomic mass is 32.2. The molecule has 9 heteroatoms. The van der Waals surface area contributed by atoms with Gasteiger partial charge in [0.15, 0.2) is 5.16 Å². The van der Waals surface area contributed by atoms with Crippen molar-refractivity contribution < 1.29 is 4.79 Å². The first kappa shape index (κ1) is 23.1. The number of carbonyl (C=O) groups excluding carboxylic acids is 1. The maximum Gasteiger partial charge on any atom is 0.266 e. The van der Waals surface area contributed by atoms with Crippen molar-refractivity contribution in [2.75, 3.05) is 16.8 Å². The molecule has 166 valence electrons. The van der Waals surface area contributed by atoms with Crippen molar-refractivity contribution in [2.24, 2.45) is 0 Å². The van der Waals surface area contributed by atoms with Gasteiger partial charge in [0.25, 0.3) is 5.56 Å². The topological polar surface area (TPSA) is 112 Å². The summed E-state index contributed by atoms with van der Waals surface area (Å²) < 4.78 is 1.46. The van der Waals surface area contributed by atoms with Gasteiger partial charge < -0.3 is 5.32 Å². The van der Waals surface area contributed by atoms with E-state index in [1.807, 2.05) is 18.2 Å². The fourth-order valence-electron chi connectivity index (χ4n) is 3.24. The predicted octanol–water partition coefficient (Wildman–Crippen LogP) is 4.60. The van der Waals surface area contributed by atoms with Crippen LogP contribution in [0.1, 0.15) is 5.56 Å². The Morgan fingerprint density at radius 1 is 0.971 bits per heavy atom. The number of nitrogens with zero attached hydrogens (tertiary/aromatic N) is 4. The van der Waals surface area contributed by atoms with E-state index in [2.05, 4.69) is 22.4 Å². The summed E-state index contributed by atoms with van der Waals surface area (Å²) in [6.07, 6.45) is 0. The van der Waals surface area contributed by atoms with Crippen molar-refractivity contribution in [2.45, 2.75) is 10.1 Å². The highest BCUT2D eigenvalue weighted by Crippen LogP contribution is 2.27. The number of rotatable bonds is 7. The number of amides is 1. The summed E-state index contributed by atoms with van der Waals surface area (Å²) in [6.45, 7) is 0. The number of hydrogen-bond acceptors (Lipinski definition) is 7. The molecule has 1 aromatic heterocycles. The molecule has 0 saturated carbocycles. The van der Waals surface area contributed by atoms with E-state index in [1.165, 1.54) is 16.3 Å². The van der Waals surface area contributed by atoms with Gasteiger partial charge in [-0.2, -0.15) is 10.5 Å². The normalized spacial score (nSPS) is 10.4. The molecule has 7 nitrogen and oxygen atoms in total. The van der Waals surface area contributed by atoms with E-state index in [4.69, 9.17) is 10.5 Å². The molecule has 0 aliphatic rings. The quantitative estimate of drug-likeness (QED) is 0.302. The van der Waals surface area contributed by atoms with Crippen LogP contribution in [-0.4, -0.2) is 27.0 Å². The zero-order chi connectivity index (χ0) is 23.9. The van der Waals surface area contributed by atoms with Crippen LogP contribution in [0.4, 0.5) is 5.69 Å². The Kier molecular flexibility index (Phi) is 7.28. The van der Waals surface area contributed by atoms with Crippen molar-refractivity contribution in [3.63, 3.8) is 0 Å². The smallest absolute Gasteiger partial charge is 0.266 e. The zero-order valence-corrected chi connectivity index (χ0v) is 19.4. The molecule has 4 rings (SSSR count). The van der Waals surface area contributed by atoms with Crippen LogP contribution in [0.2, 0.25) is 0 Å². The van der Waals surface area contributed by atoms with Crippen LogP contribution in [0.3, 0.4) is 0 Å². The fourth-order valence-corrected chi connectivity index (χ4v) is 4.73. The Labute approximate surface area is 204 Å². The molecule has 0 spiro atoms. The van der Waals surface area contributed by atoms with Crippen molar-refractivity contribution in [3.8, 4) is 17.8 Å². The minimum atomic E-state index is -0.260. The van der Waals surface area contributed by atoms with Crippen molar-refractivity contribution in [1.29, 1.82) is 10.5 Å². The van der Waals surface area contributed by atoms with E-state index < -0.39 is 0 Å². The summed E-state index contributed by atoms with van der Waals surface area (Å²) in [5, 5.41) is 21.6. The lowest BCUT2D eigenvalue weighted by Crippen LogP contribution is -2.23. The maximum atomic E-state index is 13.3. The van der Waals surface area contributed by atoms with Gasteiger partial charge in [-0.25, -0.2) is 4.98 Å². The molecule has 34 heavy (non-hydrogen) atoms. The Hall–Kier alpha value is -4.05. The van der Waals surface area contributed by atoms with Crippen LogP contribution < -0.4 is 10.9 Å². The highest BCUT2D eigenvalue weighted by molar-refractivity contribution is 8.00. The number of fused-ring (bicyclic) bond motifs is 1. The van der Waals surface area contributed by atoms with Crippen LogP contribution in [-0.2, 0) is 4.79 Å². The average Bonchev–Trinajstić information content (AvgIpc) is 2.87. The largest absolute Gasteiger partial charge is 0.324 e. The summed E-state index contributed by atoms with van der Waals surface area (Å²) in [4.78, 5) is 31.5. The molecule has 0 saturated heterocycles. The molecular weight excluding hydrogens is 466 g/mol. The van der Waals surface area contributed by atoms with E-state index in [0.717, 1.165) is 16.7 Å². The molecule has 0 aliphatic carbocycles. The van der Waals surface area contributed by atoms with E-state index in [1.54, 1.807) is 54.6 Å². The Morgan fingerprint density at radius 2 is 1.71 bits per heavy atom. The fraction of sp³-hybridized carbons (Fsp3) is 0.0800. The van der Waals surface area contributed by atoms with Gasteiger partial charge in [0.1, 0.15) is 0 Å². The maximum absolute atomic E-state index is 13.3. The molecule has 0 aliphatic heterocycles. The van der Waals surface area contributed by atoms with Crippen molar-refractivity contribution >= 4 is 46.0 Å². The molecule has 1 amide bonds. The van der Waals surface area contributed by atoms with Gasteiger partial charge in [-0.3, -0.25) is 14.2 Å². The Bertz CT molecular complexity index is 1500. The number of carbonyl (C=O) groups is 1. The van der Waals surface area contributed by atoms with Gasteiger partial charge in [0.05, 0.1) is 51.5 Å². The summed E-state index contributed by atoms with van der Waals surface area (Å²) in [5.41, 5.74) is 1.95. The van der Waals surface area contributed by atoms with Crippen LogP contribution in [0.15, 0.2) is 87.6 Å². The predicted molar refractivity (Wildman–Crippen MR) is 134 cm³/mol. The molecule has 0 bridgehead atoms. The van der Waals surface area contributed by atoms with Gasteiger partial charge in [-0.1, -0.05) is 36.0 Å². The first-order chi connectivity index (χ1) is 16.6. The monoisotopic (exact) mass is 483 g/mol. The summed E-state index contributed by atoms with van der Waals surface area (Å²) in [6, 6.07) is 25.1. The van der Waals surface area contributed by atoms with Crippen LogP contribution >= 0.6 is 23.5 Å². The van der Waals surface area contributed by atoms with Gasteiger partial charge >= 0.3 is 0 Å². The number of nitrogens with one attached hydrogen (secondary N) is 1. The average molecular weight is 484 g/mol. The molecule has 0 atom stereocenters. The summed E-state index contributed by atoms with van der Waals surface area (Å²) in [5.74, 6) is 0.0430. The lowest BCUT2D eigenvalue weighted by molar-refractivity contribution is -0.113. The number of benzene rings is 3. The second kappa shape index (κ2) is 10.7. The Morgan fingerprint density at radius 3 is 2.47 bits per heavy atom. The number of anilines is 1. The highest BCUT2D eigenvalue weighted by Gasteiger charge is 2.15. The van der Waals surface area contributed by atoms with Crippen LogP contribution in [0, 0.1) is 22.7 Å². The van der Waals surface area contributed by atoms with Gasteiger partial charge in [0.2, 0.25) is 5.91 Å². The van der Waals surface area contributed by atoms with E-state index >= 15 is 0 Å². The lowest BCUT2D eigenvalue weighted by Gasteiger charge is -2.14. The molecule has 3 aromatic carbocycles. The molecule has 0 unspecified atom stereocenters. The van der Waals surface area contributed by atoms with Crippen LogP contribution in [0.25, 0.3) is 16.6 Å². The zero-order valence-electron chi connectivity index (χ0n) is 17.8. The van der Waals surface area contributed by atoms with Gasteiger partial charge in [-0.05, 0) is 48.5 Å². The molecule has 1 heterocycles. The van der Waals surface area contributed by atoms with Crippen LogP contribution in [0.5, 0.6) is 0 Å². The third-order valence-corrected chi connectivity index (χ3v) is 6.66. The number of para-hydroxylation sites is 2. The van der Waals surface area contributed by atoms with Gasteiger partial charge in [0, 0.05) is 4.90 Å². The number of thioether (sulfide) groups is 2. The molecule has 4 aromatic rings. The standard InChI is InChI=1S/C25H17N5O2S2/c26-13-14-33-22-8-4-3-7-21(22)28-23(31)16-34-25-29-20-6-2-1-5-19(20)24(32)30(25)18-11-9-17(15-27)10-12-18/h1-12H,14,16H2,(H,28,31). The van der Waals surface area contributed by atoms with E-state index in [9.17, 15) is 9.59 Å². The first-order valence-corrected chi connectivity index (χ1v) is 12.1. The van der Waals surface area contributed by atoms with E-state index in [0.29, 0.717) is 33.0 Å². The van der Waals surface area contributed by atoms with Gasteiger partial charge in [-0.15, -0.1) is 11.8 Å². The van der Waals surface area contributed by atoms with Crippen molar-refractivity contribution in [1.82, 2.24) is 9.55 Å². The SMILES string of the molecule is N#CCSc1ccccc1NC(=O)CSc1nc2ccccc2c(=O)n1-c1ccc(C#N)cc1. The second-order valence-electron chi connectivity index (χ2n) is 6.99. The summed E-state index contributed by atoms with van der Waals surface area (Å²) >= 11 is 2.49. The third-order valence-electron chi connectivity index (χ3n) is 4.79.